The number of H-pyrrole nitrogens is 1. The molecule has 0 radical (unpaired) electrons. The van der Waals surface area contributed by atoms with E-state index >= 15 is 0 Å². The average molecular weight is 259 g/mol. The van der Waals surface area contributed by atoms with Crippen molar-refractivity contribution in [3.05, 3.63) is 11.4 Å². The summed E-state index contributed by atoms with van der Waals surface area (Å²) in [5.74, 6) is -1.46. The highest BCUT2D eigenvalue weighted by atomic mass is 16.6. The molecule has 0 spiro atoms. The van der Waals surface area contributed by atoms with Gasteiger partial charge in [0.05, 0.1) is 6.61 Å². The molecule has 7 N–H and O–H groups in total. The minimum Gasteiger partial charge on any atom is -0.504 e. The fourth-order valence-electron chi connectivity index (χ4n) is 1.85. The van der Waals surface area contributed by atoms with E-state index in [2.05, 4.69) is 10.2 Å². The second-order valence-electron chi connectivity index (χ2n) is 3.96. The van der Waals surface area contributed by atoms with E-state index in [0.29, 0.717) is 0 Å². The molecular weight excluding hydrogens is 246 g/mol. The number of ether oxygens (including phenoxy) is 1. The van der Waals surface area contributed by atoms with Crippen LogP contribution in [-0.2, 0) is 4.74 Å². The van der Waals surface area contributed by atoms with Gasteiger partial charge < -0.3 is 30.9 Å². The number of amides is 1. The van der Waals surface area contributed by atoms with Gasteiger partial charge in [-0.3, -0.25) is 9.89 Å². The first kappa shape index (κ1) is 12.8. The van der Waals surface area contributed by atoms with E-state index in [0.717, 1.165) is 0 Å². The van der Waals surface area contributed by atoms with E-state index in [9.17, 15) is 20.1 Å². The summed E-state index contributed by atoms with van der Waals surface area (Å²) >= 11 is 0. The Bertz CT molecular complexity index is 461. The normalized spacial score (nSPS) is 31.7. The number of primary amides is 1. The molecule has 4 atom stereocenters. The molecule has 9 nitrogen and oxygen atoms in total. The third kappa shape index (κ3) is 1.82. The van der Waals surface area contributed by atoms with Gasteiger partial charge in [0.15, 0.2) is 11.4 Å². The third-order valence-electron chi connectivity index (χ3n) is 2.83. The Labute approximate surface area is 101 Å². The van der Waals surface area contributed by atoms with Crippen LogP contribution < -0.4 is 5.73 Å². The van der Waals surface area contributed by atoms with Crippen LogP contribution in [-0.4, -0.2) is 61.4 Å². The predicted molar refractivity (Wildman–Crippen MR) is 55.5 cm³/mol. The highest BCUT2D eigenvalue weighted by Crippen LogP contribution is 2.37. The lowest BCUT2D eigenvalue weighted by atomic mass is 10.1. The lowest BCUT2D eigenvalue weighted by Crippen LogP contribution is -2.32. The van der Waals surface area contributed by atoms with Crippen molar-refractivity contribution in [2.75, 3.05) is 6.61 Å². The van der Waals surface area contributed by atoms with E-state index in [1.54, 1.807) is 0 Å². The summed E-state index contributed by atoms with van der Waals surface area (Å²) in [6.45, 7) is -0.497. The van der Waals surface area contributed by atoms with Gasteiger partial charge in [-0.1, -0.05) is 0 Å². The summed E-state index contributed by atoms with van der Waals surface area (Å²) in [5, 5.41) is 43.7. The molecule has 1 unspecified atom stereocenters. The van der Waals surface area contributed by atoms with Crippen molar-refractivity contribution in [2.45, 2.75) is 24.4 Å². The number of carbonyl (C=O) groups excluding carboxylic acids is 1. The van der Waals surface area contributed by atoms with Crippen LogP contribution in [0.3, 0.4) is 0 Å². The van der Waals surface area contributed by atoms with Crippen molar-refractivity contribution in [1.29, 1.82) is 0 Å². The summed E-state index contributed by atoms with van der Waals surface area (Å²) in [5.41, 5.74) is 4.52. The van der Waals surface area contributed by atoms with E-state index in [-0.39, 0.29) is 11.4 Å². The molecule has 0 aliphatic carbocycles. The van der Waals surface area contributed by atoms with E-state index in [1.807, 2.05) is 0 Å². The molecule has 0 aromatic carbocycles. The van der Waals surface area contributed by atoms with Crippen molar-refractivity contribution in [1.82, 2.24) is 10.2 Å². The molecule has 1 saturated heterocycles. The van der Waals surface area contributed by atoms with Gasteiger partial charge in [-0.2, -0.15) is 5.10 Å². The van der Waals surface area contributed by atoms with Crippen molar-refractivity contribution >= 4 is 5.91 Å². The van der Waals surface area contributed by atoms with Gasteiger partial charge in [-0.25, -0.2) is 0 Å². The van der Waals surface area contributed by atoms with Gasteiger partial charge in [0.1, 0.15) is 30.1 Å². The van der Waals surface area contributed by atoms with Crippen LogP contribution >= 0.6 is 0 Å². The van der Waals surface area contributed by atoms with E-state index in [1.165, 1.54) is 0 Å². The Morgan fingerprint density at radius 1 is 1.44 bits per heavy atom. The van der Waals surface area contributed by atoms with Crippen LogP contribution in [0.5, 0.6) is 5.75 Å². The first-order chi connectivity index (χ1) is 8.47. The van der Waals surface area contributed by atoms with Crippen LogP contribution in [0.25, 0.3) is 0 Å². The summed E-state index contributed by atoms with van der Waals surface area (Å²) in [4.78, 5) is 10.9. The Morgan fingerprint density at radius 3 is 2.56 bits per heavy atom. The molecule has 9 heteroatoms. The van der Waals surface area contributed by atoms with E-state index in [4.69, 9.17) is 15.6 Å². The molecule has 1 aromatic rings. The number of aromatic hydroxyl groups is 1. The fourth-order valence-corrected chi connectivity index (χ4v) is 1.85. The number of hydrogen-bond acceptors (Lipinski definition) is 7. The number of aromatic amines is 1. The third-order valence-corrected chi connectivity index (χ3v) is 2.83. The maximum Gasteiger partial charge on any atom is 0.270 e. The molecule has 2 heterocycles. The predicted octanol–water partition coefficient (Wildman–Crippen LogP) is -2.63. The molecule has 18 heavy (non-hydrogen) atoms. The van der Waals surface area contributed by atoms with Crippen LogP contribution in [0, 0.1) is 0 Å². The maximum atomic E-state index is 10.9. The lowest BCUT2D eigenvalue weighted by Gasteiger charge is -2.12. The summed E-state index contributed by atoms with van der Waals surface area (Å²) in [7, 11) is 0. The molecule has 1 amide bonds. The number of nitrogens with two attached hydrogens (primary N) is 1. The number of aromatic nitrogens is 2. The highest BCUT2D eigenvalue weighted by Gasteiger charge is 2.45. The molecule has 1 aromatic heterocycles. The van der Waals surface area contributed by atoms with Gasteiger partial charge in [0.2, 0.25) is 0 Å². The number of hydrogen-bond donors (Lipinski definition) is 6. The summed E-state index contributed by atoms with van der Waals surface area (Å²) < 4.78 is 5.15. The Kier molecular flexibility index (Phi) is 3.22. The fraction of sp³-hybridized carbons (Fsp3) is 0.556. The van der Waals surface area contributed by atoms with Crippen molar-refractivity contribution in [3.8, 4) is 5.75 Å². The zero-order valence-electron chi connectivity index (χ0n) is 9.15. The number of nitrogens with one attached hydrogen (secondary N) is 1. The van der Waals surface area contributed by atoms with Crippen LogP contribution in [0.4, 0.5) is 0 Å². The van der Waals surface area contributed by atoms with Gasteiger partial charge in [0, 0.05) is 0 Å². The van der Waals surface area contributed by atoms with Crippen LogP contribution in [0.2, 0.25) is 0 Å². The lowest BCUT2D eigenvalue weighted by molar-refractivity contribution is -0.0245. The topological polar surface area (TPSA) is 162 Å². The zero-order chi connectivity index (χ0) is 13.4. The monoisotopic (exact) mass is 259 g/mol. The average Bonchev–Trinajstić information content (AvgIpc) is 2.82. The molecule has 1 fully saturated rings. The molecule has 1 aliphatic heterocycles. The quantitative estimate of drug-likeness (QED) is 0.346. The second-order valence-corrected chi connectivity index (χ2v) is 3.96. The van der Waals surface area contributed by atoms with E-state index < -0.39 is 42.7 Å². The van der Waals surface area contributed by atoms with Crippen LogP contribution in [0.1, 0.15) is 22.3 Å². The van der Waals surface area contributed by atoms with Gasteiger partial charge >= 0.3 is 0 Å². The van der Waals surface area contributed by atoms with Crippen molar-refractivity contribution < 1.29 is 30.0 Å². The smallest absolute Gasteiger partial charge is 0.270 e. The summed E-state index contributed by atoms with van der Waals surface area (Å²) in [6.07, 6.45) is -4.83. The molecule has 2 rings (SSSR count). The number of nitrogens with zero attached hydrogens (tertiary/aromatic N) is 1. The van der Waals surface area contributed by atoms with Crippen molar-refractivity contribution in [3.63, 3.8) is 0 Å². The van der Waals surface area contributed by atoms with Gasteiger partial charge in [-0.05, 0) is 0 Å². The Balaban J connectivity index is 2.30. The molecule has 0 bridgehead atoms. The minimum atomic E-state index is -1.38. The Morgan fingerprint density at radius 2 is 2.11 bits per heavy atom. The minimum absolute atomic E-state index is 0.147. The van der Waals surface area contributed by atoms with Gasteiger partial charge in [0.25, 0.3) is 5.91 Å². The highest BCUT2D eigenvalue weighted by molar-refractivity contribution is 5.93. The number of aliphatic hydroxyl groups excluding tert-OH is 3. The number of carbonyl (C=O) groups is 1. The summed E-state index contributed by atoms with van der Waals surface area (Å²) in [6, 6.07) is 0. The zero-order valence-corrected chi connectivity index (χ0v) is 9.15. The second kappa shape index (κ2) is 4.53. The Hall–Kier alpha value is -1.68. The standard InChI is InChI=1S/C9H13N3O6/c10-9(17)4-6(15)3(11-12-4)8-7(16)5(14)2(1-13)18-8/h2,5,7-8,13-16H,1H2,(H2,10,17)(H,11,12)/t2-,5?,7+,8+/m1/s1. The molecular formula is C9H13N3O6. The van der Waals surface area contributed by atoms with Crippen LogP contribution in [0.15, 0.2) is 0 Å². The molecule has 1 aliphatic rings. The molecule has 100 valence electrons. The van der Waals surface area contributed by atoms with Crippen molar-refractivity contribution in [2.24, 2.45) is 5.73 Å². The van der Waals surface area contributed by atoms with Gasteiger partial charge in [-0.15, -0.1) is 0 Å². The largest absolute Gasteiger partial charge is 0.504 e. The number of rotatable bonds is 3. The maximum absolute atomic E-state index is 10.9. The molecule has 0 saturated carbocycles. The SMILES string of the molecule is NC(=O)c1[nH]nc([C@@H]2O[C@H](CO)C(O)[C@@H]2O)c1O. The first-order valence-corrected chi connectivity index (χ1v) is 5.16. The number of aliphatic hydroxyl groups is 3. The first-order valence-electron chi connectivity index (χ1n) is 5.16.